The fourth-order valence-electron chi connectivity index (χ4n) is 4.61. The number of benzene rings is 1. The molecule has 2 aromatic rings. The summed E-state index contributed by atoms with van der Waals surface area (Å²) in [4.78, 5) is 26.3. The lowest BCUT2D eigenvalue weighted by Crippen LogP contribution is -2.47. The minimum Gasteiger partial charge on any atom is -0.504 e. The summed E-state index contributed by atoms with van der Waals surface area (Å²) in [6, 6.07) is 2.55. The van der Waals surface area contributed by atoms with Crippen molar-refractivity contribution in [2.45, 2.75) is 56.3 Å². The molecule has 2 heterocycles. The zero-order valence-electron chi connectivity index (χ0n) is 20.0. The van der Waals surface area contributed by atoms with Crippen molar-refractivity contribution in [3.63, 3.8) is 0 Å². The summed E-state index contributed by atoms with van der Waals surface area (Å²) in [6.07, 6.45) is 2.48. The van der Waals surface area contributed by atoms with Gasteiger partial charge in [-0.15, -0.1) is 0 Å². The van der Waals surface area contributed by atoms with E-state index in [0.717, 1.165) is 12.8 Å². The maximum absolute atomic E-state index is 13.3. The Morgan fingerprint density at radius 2 is 1.80 bits per heavy atom. The summed E-state index contributed by atoms with van der Waals surface area (Å²) in [5.41, 5.74) is -1.38. The molecule has 0 spiro atoms. The molecule has 12 heteroatoms. The molecule has 3 N–H and O–H groups in total. The average molecular weight is 527 g/mol. The van der Waals surface area contributed by atoms with E-state index in [1.54, 1.807) is 0 Å². The van der Waals surface area contributed by atoms with E-state index in [2.05, 4.69) is 10.6 Å². The molecule has 2 saturated heterocycles. The second-order valence-corrected chi connectivity index (χ2v) is 11.5. The molecule has 3 unspecified atom stereocenters. The number of phenolic OH excluding ortho intramolecular Hbond substituents is 1. The van der Waals surface area contributed by atoms with E-state index in [-0.39, 0.29) is 53.4 Å². The molecule has 0 bridgehead atoms. The standard InChI is InChI=1S/C23H31ClN4O6S/c1-4-15(17-8-5-13(2)34-17)25-18-19(22(31)21(18)30)26-16-7-6-14(24)23(20(16)29)35(32,33)28-11-9-27(3)10-12-28/h6-7,13,15,17,25-26,29H,4-5,8-12H2,1-3H3. The Bertz CT molecular complexity index is 1270. The number of ether oxygens (including phenoxy) is 1. The first-order chi connectivity index (χ1) is 16.5. The smallest absolute Gasteiger partial charge is 0.253 e. The molecule has 192 valence electrons. The number of anilines is 3. The quantitative estimate of drug-likeness (QED) is 0.350. The molecule has 35 heavy (non-hydrogen) atoms. The summed E-state index contributed by atoms with van der Waals surface area (Å²) in [5.74, 6) is -0.601. The normalized spacial score (nSPS) is 23.0. The molecule has 0 saturated carbocycles. The highest BCUT2D eigenvalue weighted by Crippen LogP contribution is 2.40. The monoisotopic (exact) mass is 526 g/mol. The second kappa shape index (κ2) is 10.1. The summed E-state index contributed by atoms with van der Waals surface area (Å²) in [6.45, 7) is 5.58. The van der Waals surface area contributed by atoms with Gasteiger partial charge in [-0.1, -0.05) is 18.5 Å². The highest BCUT2D eigenvalue weighted by molar-refractivity contribution is 7.89. The summed E-state index contributed by atoms with van der Waals surface area (Å²) in [5, 5.41) is 16.7. The molecular formula is C23H31ClN4O6S. The van der Waals surface area contributed by atoms with Crippen molar-refractivity contribution < 1.29 is 18.3 Å². The maximum atomic E-state index is 13.3. The zero-order chi connectivity index (χ0) is 25.5. The number of phenols is 1. The van der Waals surface area contributed by atoms with E-state index in [9.17, 15) is 23.1 Å². The van der Waals surface area contributed by atoms with Crippen LogP contribution in [0.2, 0.25) is 5.02 Å². The van der Waals surface area contributed by atoms with Gasteiger partial charge in [0, 0.05) is 26.2 Å². The van der Waals surface area contributed by atoms with Crippen LogP contribution < -0.4 is 21.5 Å². The Morgan fingerprint density at radius 3 is 2.40 bits per heavy atom. The number of halogens is 1. The van der Waals surface area contributed by atoms with Crippen LogP contribution in [0, 0.1) is 0 Å². The number of likely N-dealkylation sites (N-methyl/N-ethyl adjacent to an activating group) is 1. The van der Waals surface area contributed by atoms with Gasteiger partial charge in [-0.25, -0.2) is 8.42 Å². The lowest BCUT2D eigenvalue weighted by atomic mass is 10.0. The summed E-state index contributed by atoms with van der Waals surface area (Å²) in [7, 11) is -2.19. The lowest BCUT2D eigenvalue weighted by molar-refractivity contribution is 0.0438. The number of sulfonamides is 1. The molecule has 3 atom stereocenters. The number of nitrogens with one attached hydrogen (secondary N) is 2. The molecule has 2 fully saturated rings. The van der Waals surface area contributed by atoms with Crippen LogP contribution in [0.5, 0.6) is 5.75 Å². The van der Waals surface area contributed by atoms with Gasteiger partial charge in [0.1, 0.15) is 16.3 Å². The van der Waals surface area contributed by atoms with Crippen molar-refractivity contribution in [1.29, 1.82) is 0 Å². The van der Waals surface area contributed by atoms with Gasteiger partial charge in [-0.2, -0.15) is 4.31 Å². The zero-order valence-corrected chi connectivity index (χ0v) is 21.6. The largest absolute Gasteiger partial charge is 0.504 e. The van der Waals surface area contributed by atoms with Gasteiger partial charge in [-0.05, 0) is 45.4 Å². The van der Waals surface area contributed by atoms with Crippen molar-refractivity contribution in [2.75, 3.05) is 43.9 Å². The van der Waals surface area contributed by atoms with Gasteiger partial charge in [0.25, 0.3) is 10.9 Å². The number of piperazine rings is 1. The van der Waals surface area contributed by atoms with E-state index in [0.29, 0.717) is 19.5 Å². The molecular weight excluding hydrogens is 496 g/mol. The number of aromatic hydroxyl groups is 1. The molecule has 4 rings (SSSR count). The molecule has 10 nitrogen and oxygen atoms in total. The van der Waals surface area contributed by atoms with E-state index >= 15 is 0 Å². The first kappa shape index (κ1) is 25.9. The minimum atomic E-state index is -4.09. The Balaban J connectivity index is 1.61. The molecule has 0 radical (unpaired) electrons. The van der Waals surface area contributed by atoms with Gasteiger partial charge in [0.05, 0.1) is 29.0 Å². The highest BCUT2D eigenvalue weighted by Gasteiger charge is 2.35. The summed E-state index contributed by atoms with van der Waals surface area (Å²) >= 11 is 6.21. The fraction of sp³-hybridized carbons (Fsp3) is 0.565. The Hall–Kier alpha value is -2.18. The third-order valence-corrected chi connectivity index (χ3v) is 9.20. The van der Waals surface area contributed by atoms with E-state index < -0.39 is 31.5 Å². The van der Waals surface area contributed by atoms with Gasteiger partial charge in [-0.3, -0.25) is 9.59 Å². The first-order valence-corrected chi connectivity index (χ1v) is 13.6. The maximum Gasteiger partial charge on any atom is 0.253 e. The van der Waals surface area contributed by atoms with Crippen molar-refractivity contribution in [1.82, 2.24) is 9.21 Å². The number of hydrogen-bond donors (Lipinski definition) is 3. The third-order valence-electron chi connectivity index (χ3n) is 6.80. The van der Waals surface area contributed by atoms with Crippen molar-refractivity contribution in [3.8, 4) is 5.75 Å². The van der Waals surface area contributed by atoms with Crippen LogP contribution in [-0.4, -0.2) is 74.2 Å². The number of hydrogen-bond acceptors (Lipinski definition) is 9. The third kappa shape index (κ3) is 4.92. The van der Waals surface area contributed by atoms with Gasteiger partial charge in [0.2, 0.25) is 10.0 Å². The molecule has 2 aliphatic heterocycles. The van der Waals surface area contributed by atoms with Crippen LogP contribution in [0.1, 0.15) is 33.1 Å². The van der Waals surface area contributed by atoms with Crippen molar-refractivity contribution in [2.24, 2.45) is 0 Å². The van der Waals surface area contributed by atoms with Crippen LogP contribution >= 0.6 is 11.6 Å². The SMILES string of the molecule is CCC(Nc1c(Nc2ccc(Cl)c(S(=O)(=O)N3CCN(C)CC3)c2O)c(=O)c1=O)C1CCC(C)O1. The number of rotatable bonds is 8. The van der Waals surface area contributed by atoms with Gasteiger partial charge < -0.3 is 25.4 Å². The lowest BCUT2D eigenvalue weighted by Gasteiger charge is -2.32. The molecule has 2 aliphatic rings. The van der Waals surface area contributed by atoms with Crippen molar-refractivity contribution >= 4 is 38.7 Å². The second-order valence-electron chi connectivity index (χ2n) is 9.23. The Labute approximate surface area is 209 Å². The van der Waals surface area contributed by atoms with Crippen LogP contribution in [0.15, 0.2) is 26.6 Å². The minimum absolute atomic E-state index is 0.0277. The van der Waals surface area contributed by atoms with Crippen LogP contribution in [0.25, 0.3) is 0 Å². The predicted octanol–water partition coefficient (Wildman–Crippen LogP) is 2.08. The molecule has 0 amide bonds. The Kier molecular flexibility index (Phi) is 7.44. The number of nitrogens with zero attached hydrogens (tertiary/aromatic N) is 2. The van der Waals surface area contributed by atoms with Crippen LogP contribution in [0.3, 0.4) is 0 Å². The Morgan fingerprint density at radius 1 is 1.14 bits per heavy atom. The van der Waals surface area contributed by atoms with Crippen LogP contribution in [0.4, 0.5) is 17.1 Å². The van der Waals surface area contributed by atoms with E-state index in [1.165, 1.54) is 16.4 Å². The van der Waals surface area contributed by atoms with Gasteiger partial charge in [0.15, 0.2) is 5.75 Å². The topological polar surface area (TPSA) is 128 Å². The highest BCUT2D eigenvalue weighted by atomic mass is 35.5. The van der Waals surface area contributed by atoms with Crippen molar-refractivity contribution in [3.05, 3.63) is 37.6 Å². The van der Waals surface area contributed by atoms with E-state index in [1.807, 2.05) is 25.8 Å². The molecule has 0 aromatic heterocycles. The molecule has 2 aromatic carbocycles. The van der Waals surface area contributed by atoms with Gasteiger partial charge >= 0.3 is 0 Å². The average Bonchev–Trinajstić information content (AvgIpc) is 3.25. The predicted molar refractivity (Wildman–Crippen MR) is 135 cm³/mol. The van der Waals surface area contributed by atoms with Crippen LogP contribution in [-0.2, 0) is 14.8 Å². The first-order valence-electron chi connectivity index (χ1n) is 11.8. The van der Waals surface area contributed by atoms with E-state index in [4.69, 9.17) is 16.3 Å². The fourth-order valence-corrected chi connectivity index (χ4v) is 6.62. The molecule has 0 aliphatic carbocycles. The summed E-state index contributed by atoms with van der Waals surface area (Å²) < 4.78 is 33.7.